The van der Waals surface area contributed by atoms with Gasteiger partial charge in [-0.15, -0.1) is 0 Å². The Hall–Kier alpha value is -4.02. The standard InChI is InChI=1S/C27H23N3O3S/c1-17-8-7-11-19(14-17)24-22(15-28)27(29)33-25-21-12-5-6-13-23(21)30(34(31,32)26(24)25)16-20-10-4-3-9-18(20)2/h3-14,24H,16,29H2,1-2H3/t24-/m0/s1. The van der Waals surface area contributed by atoms with Crippen molar-refractivity contribution in [1.29, 1.82) is 5.26 Å². The van der Waals surface area contributed by atoms with Crippen LogP contribution in [0.15, 0.2) is 89.2 Å². The van der Waals surface area contributed by atoms with E-state index in [-0.39, 0.29) is 28.7 Å². The molecular formula is C27H23N3O3S. The van der Waals surface area contributed by atoms with Crippen LogP contribution in [0.4, 0.5) is 5.69 Å². The van der Waals surface area contributed by atoms with Crippen LogP contribution in [-0.4, -0.2) is 8.42 Å². The van der Waals surface area contributed by atoms with E-state index in [9.17, 15) is 13.7 Å². The summed E-state index contributed by atoms with van der Waals surface area (Å²) in [4.78, 5) is 0.0381. The third kappa shape index (κ3) is 3.35. The van der Waals surface area contributed by atoms with Gasteiger partial charge in [0, 0.05) is 5.56 Å². The maximum Gasteiger partial charge on any atom is 0.265 e. The molecule has 1 atom stereocenters. The van der Waals surface area contributed by atoms with Crippen LogP contribution in [0.1, 0.15) is 33.7 Å². The Bertz CT molecular complexity index is 1530. The van der Waals surface area contributed by atoms with E-state index in [1.54, 1.807) is 12.1 Å². The number of para-hydroxylation sites is 1. The second-order valence-corrected chi connectivity index (χ2v) is 10.3. The number of nitrogens with zero attached hydrogens (tertiary/aromatic N) is 2. The Balaban J connectivity index is 1.78. The summed E-state index contributed by atoms with van der Waals surface area (Å²) in [5.74, 6) is -0.767. The minimum atomic E-state index is -4.08. The second-order valence-electron chi connectivity index (χ2n) is 8.49. The summed E-state index contributed by atoms with van der Waals surface area (Å²) < 4.78 is 35.8. The van der Waals surface area contributed by atoms with Crippen molar-refractivity contribution in [3.63, 3.8) is 0 Å². The number of nitriles is 1. The van der Waals surface area contributed by atoms with E-state index in [4.69, 9.17) is 10.5 Å². The lowest BCUT2D eigenvalue weighted by Crippen LogP contribution is -2.39. The van der Waals surface area contributed by atoms with Gasteiger partial charge in [-0.1, -0.05) is 66.2 Å². The first-order chi connectivity index (χ1) is 16.3. The molecule has 0 fully saturated rings. The molecule has 0 amide bonds. The first kappa shape index (κ1) is 21.8. The van der Waals surface area contributed by atoms with Gasteiger partial charge in [0.2, 0.25) is 5.88 Å². The molecule has 0 radical (unpaired) electrons. The summed E-state index contributed by atoms with van der Waals surface area (Å²) >= 11 is 0. The Kier molecular flexibility index (Phi) is 5.18. The van der Waals surface area contributed by atoms with Crippen LogP contribution < -0.4 is 10.0 Å². The lowest BCUT2D eigenvalue weighted by atomic mass is 9.87. The van der Waals surface area contributed by atoms with Crippen molar-refractivity contribution in [3.8, 4) is 6.07 Å². The number of nitrogens with two attached hydrogens (primary N) is 1. The molecule has 0 unspecified atom stereocenters. The minimum absolute atomic E-state index is 0.0381. The van der Waals surface area contributed by atoms with Crippen LogP contribution in [0.2, 0.25) is 0 Å². The van der Waals surface area contributed by atoms with Crippen molar-refractivity contribution in [2.45, 2.75) is 26.3 Å². The molecule has 2 N–H and O–H groups in total. The van der Waals surface area contributed by atoms with Crippen LogP contribution in [0.25, 0.3) is 5.76 Å². The highest BCUT2D eigenvalue weighted by Crippen LogP contribution is 2.51. The first-order valence-corrected chi connectivity index (χ1v) is 12.3. The number of hydrogen-bond donors (Lipinski definition) is 1. The molecule has 3 aromatic carbocycles. The van der Waals surface area contributed by atoms with E-state index in [0.29, 0.717) is 16.8 Å². The normalized spacial score (nSPS) is 18.6. The maximum absolute atomic E-state index is 14.3. The molecule has 34 heavy (non-hydrogen) atoms. The van der Waals surface area contributed by atoms with Crippen LogP contribution >= 0.6 is 0 Å². The molecule has 3 aromatic rings. The average Bonchev–Trinajstić information content (AvgIpc) is 2.82. The molecule has 0 saturated carbocycles. The second kappa shape index (κ2) is 8.08. The smallest absolute Gasteiger partial charge is 0.265 e. The van der Waals surface area contributed by atoms with Crippen LogP contribution in [-0.2, 0) is 21.3 Å². The highest BCUT2D eigenvalue weighted by atomic mass is 32.2. The van der Waals surface area contributed by atoms with E-state index < -0.39 is 15.9 Å². The summed E-state index contributed by atoms with van der Waals surface area (Å²) in [6, 6.07) is 24.5. The van der Waals surface area contributed by atoms with Crippen molar-refractivity contribution >= 4 is 21.5 Å². The predicted octanol–water partition coefficient (Wildman–Crippen LogP) is 4.83. The van der Waals surface area contributed by atoms with Gasteiger partial charge in [-0.3, -0.25) is 4.31 Å². The quantitative estimate of drug-likeness (QED) is 0.593. The number of sulfonamides is 1. The van der Waals surface area contributed by atoms with Crippen LogP contribution in [0.3, 0.4) is 0 Å². The molecule has 2 heterocycles. The topological polar surface area (TPSA) is 96.4 Å². The van der Waals surface area contributed by atoms with Gasteiger partial charge in [-0.05, 0) is 42.7 Å². The Morgan fingerprint density at radius 1 is 1.03 bits per heavy atom. The molecule has 0 spiro atoms. The predicted molar refractivity (Wildman–Crippen MR) is 131 cm³/mol. The number of allylic oxidation sites excluding steroid dienone is 2. The largest absolute Gasteiger partial charge is 0.439 e. The lowest BCUT2D eigenvalue weighted by Gasteiger charge is -2.38. The minimum Gasteiger partial charge on any atom is -0.439 e. The van der Waals surface area contributed by atoms with Gasteiger partial charge in [0.25, 0.3) is 10.0 Å². The fraction of sp³-hybridized carbons (Fsp3) is 0.148. The van der Waals surface area contributed by atoms with Gasteiger partial charge in [0.1, 0.15) is 16.5 Å². The molecular weight excluding hydrogens is 446 g/mol. The van der Waals surface area contributed by atoms with Crippen molar-refractivity contribution in [2.24, 2.45) is 5.73 Å². The number of rotatable bonds is 3. The van der Waals surface area contributed by atoms with Crippen molar-refractivity contribution < 1.29 is 13.2 Å². The zero-order chi connectivity index (χ0) is 24.0. The van der Waals surface area contributed by atoms with E-state index in [1.807, 2.05) is 74.5 Å². The Morgan fingerprint density at radius 2 is 1.76 bits per heavy atom. The molecule has 5 rings (SSSR count). The Morgan fingerprint density at radius 3 is 2.50 bits per heavy atom. The number of hydrogen-bond acceptors (Lipinski definition) is 5. The summed E-state index contributed by atoms with van der Waals surface area (Å²) in [6.45, 7) is 4.04. The number of fused-ring (bicyclic) bond motifs is 2. The van der Waals surface area contributed by atoms with Crippen LogP contribution in [0, 0.1) is 25.2 Å². The number of aryl methyl sites for hydroxylation is 2. The van der Waals surface area contributed by atoms with Gasteiger partial charge in [-0.25, -0.2) is 8.42 Å². The van der Waals surface area contributed by atoms with Gasteiger partial charge in [0.15, 0.2) is 5.76 Å². The monoisotopic (exact) mass is 469 g/mol. The number of benzene rings is 3. The zero-order valence-corrected chi connectivity index (χ0v) is 19.6. The third-order valence-corrected chi connectivity index (χ3v) is 8.19. The highest BCUT2D eigenvalue weighted by molar-refractivity contribution is 7.96. The lowest BCUT2D eigenvalue weighted by molar-refractivity contribution is 0.357. The summed E-state index contributed by atoms with van der Waals surface area (Å²) in [5.41, 5.74) is 10.9. The maximum atomic E-state index is 14.3. The first-order valence-electron chi connectivity index (χ1n) is 10.9. The van der Waals surface area contributed by atoms with Gasteiger partial charge in [0.05, 0.1) is 18.2 Å². The van der Waals surface area contributed by atoms with Crippen molar-refractivity contribution in [2.75, 3.05) is 4.31 Å². The van der Waals surface area contributed by atoms with Crippen molar-refractivity contribution in [1.82, 2.24) is 0 Å². The van der Waals surface area contributed by atoms with Gasteiger partial charge < -0.3 is 10.5 Å². The van der Waals surface area contributed by atoms with Crippen LogP contribution in [0.5, 0.6) is 0 Å². The molecule has 2 aliphatic heterocycles. The molecule has 0 aliphatic carbocycles. The third-order valence-electron chi connectivity index (χ3n) is 6.31. The zero-order valence-electron chi connectivity index (χ0n) is 18.8. The van der Waals surface area contributed by atoms with E-state index >= 15 is 0 Å². The summed E-state index contributed by atoms with van der Waals surface area (Å²) in [7, 11) is -4.08. The SMILES string of the molecule is Cc1cccc([C@H]2C(C#N)=C(N)OC3=C2S(=O)(=O)N(Cc2ccccc2C)c2ccccc23)c1. The summed E-state index contributed by atoms with van der Waals surface area (Å²) in [6.07, 6.45) is 0. The molecule has 170 valence electrons. The molecule has 0 bridgehead atoms. The molecule has 6 nitrogen and oxygen atoms in total. The summed E-state index contributed by atoms with van der Waals surface area (Å²) in [5, 5.41) is 9.96. The van der Waals surface area contributed by atoms with Crippen molar-refractivity contribution in [3.05, 3.63) is 117 Å². The molecule has 7 heteroatoms. The number of ether oxygens (including phenoxy) is 1. The fourth-order valence-corrected chi connectivity index (χ4v) is 6.51. The number of anilines is 1. The van der Waals surface area contributed by atoms with E-state index in [0.717, 1.165) is 16.7 Å². The van der Waals surface area contributed by atoms with E-state index in [2.05, 4.69) is 6.07 Å². The average molecular weight is 470 g/mol. The molecule has 2 aliphatic rings. The molecule has 0 saturated heterocycles. The Labute approximate surface area is 199 Å². The fourth-order valence-electron chi connectivity index (χ4n) is 4.60. The highest BCUT2D eigenvalue weighted by Gasteiger charge is 2.47. The molecule has 0 aromatic heterocycles. The van der Waals surface area contributed by atoms with Gasteiger partial charge >= 0.3 is 0 Å². The van der Waals surface area contributed by atoms with E-state index in [1.165, 1.54) is 4.31 Å². The van der Waals surface area contributed by atoms with Gasteiger partial charge in [-0.2, -0.15) is 5.26 Å².